The largest absolute Gasteiger partial charge is 0.464 e. The first kappa shape index (κ1) is 17.1. The summed E-state index contributed by atoms with van der Waals surface area (Å²) in [5, 5.41) is 10.9. The lowest BCUT2D eigenvalue weighted by molar-refractivity contribution is 0.0592. The van der Waals surface area contributed by atoms with Crippen LogP contribution in [0.15, 0.2) is 29.0 Å². The number of methoxy groups -OCH3 is 1. The minimum absolute atomic E-state index is 0.146. The molecule has 1 aromatic heterocycles. The van der Waals surface area contributed by atoms with Crippen molar-refractivity contribution in [2.75, 3.05) is 26.0 Å². The number of hydrogen-bond acceptors (Lipinski definition) is 6. The number of ether oxygens (including phenoxy) is 1. The van der Waals surface area contributed by atoms with Gasteiger partial charge in [0.1, 0.15) is 11.6 Å². The van der Waals surface area contributed by atoms with Gasteiger partial charge in [0.15, 0.2) is 5.69 Å². The summed E-state index contributed by atoms with van der Waals surface area (Å²) in [6.07, 6.45) is 4.24. The number of allylic oxidation sites excluding steroid dienone is 2. The molecule has 0 aliphatic heterocycles. The van der Waals surface area contributed by atoms with Crippen molar-refractivity contribution in [3.8, 4) is 0 Å². The van der Waals surface area contributed by atoms with Gasteiger partial charge in [-0.2, -0.15) is 0 Å². The van der Waals surface area contributed by atoms with E-state index >= 15 is 0 Å². The lowest BCUT2D eigenvalue weighted by Crippen LogP contribution is -2.44. The van der Waals surface area contributed by atoms with Crippen molar-refractivity contribution in [1.29, 1.82) is 0 Å². The number of hydrogen-bond donors (Lipinski definition) is 1. The summed E-state index contributed by atoms with van der Waals surface area (Å²) in [6.45, 7) is 2.19. The van der Waals surface area contributed by atoms with E-state index in [0.29, 0.717) is 18.1 Å². The maximum absolute atomic E-state index is 14.0. The third kappa shape index (κ3) is 3.55. The third-order valence-corrected chi connectivity index (χ3v) is 4.18. The fraction of sp³-hybridized carbons (Fsp3) is 0.500. The molecule has 0 spiro atoms. The van der Waals surface area contributed by atoms with Crippen LogP contribution in [-0.4, -0.2) is 42.6 Å². The first-order valence-electron chi connectivity index (χ1n) is 7.51. The molecule has 0 saturated heterocycles. The van der Waals surface area contributed by atoms with Gasteiger partial charge in [0.25, 0.3) is 0 Å². The number of carbonyl (C=O) groups is 1. The zero-order valence-corrected chi connectivity index (χ0v) is 13.6. The predicted octanol–water partition coefficient (Wildman–Crippen LogP) is 2.79. The van der Waals surface area contributed by atoms with E-state index in [1.807, 2.05) is 0 Å². The average Bonchev–Trinajstić information content (AvgIpc) is 2.56. The van der Waals surface area contributed by atoms with E-state index in [2.05, 4.69) is 25.2 Å². The molecule has 1 fully saturated rings. The molecular formula is C16H21FN4O2. The Morgan fingerprint density at radius 2 is 2.22 bits per heavy atom. The van der Waals surface area contributed by atoms with Gasteiger partial charge >= 0.3 is 5.97 Å². The summed E-state index contributed by atoms with van der Waals surface area (Å²) >= 11 is 0. The highest BCUT2D eigenvalue weighted by atomic mass is 19.1. The molecule has 1 aliphatic carbocycles. The smallest absolute Gasteiger partial charge is 0.358 e. The van der Waals surface area contributed by atoms with Gasteiger partial charge < -0.3 is 10.1 Å². The number of esters is 1. The summed E-state index contributed by atoms with van der Waals surface area (Å²) in [7, 11) is 2.90. The van der Waals surface area contributed by atoms with Gasteiger partial charge in [-0.1, -0.05) is 6.42 Å². The fourth-order valence-corrected chi connectivity index (χ4v) is 2.73. The molecule has 1 aromatic rings. The molecule has 124 valence electrons. The second kappa shape index (κ2) is 7.30. The molecule has 0 bridgehead atoms. The zero-order chi connectivity index (χ0) is 16.9. The molecule has 0 atom stereocenters. The summed E-state index contributed by atoms with van der Waals surface area (Å²) in [4.78, 5) is 15.5. The first-order chi connectivity index (χ1) is 11.1. The normalized spacial score (nSPS) is 17.4. The van der Waals surface area contributed by atoms with E-state index in [1.165, 1.54) is 19.3 Å². The van der Waals surface area contributed by atoms with Crippen molar-refractivity contribution in [2.45, 2.75) is 26.2 Å². The number of nitrogens with zero attached hydrogens (tertiary/aromatic N) is 3. The van der Waals surface area contributed by atoms with E-state index in [9.17, 15) is 9.18 Å². The van der Waals surface area contributed by atoms with Crippen LogP contribution >= 0.6 is 0 Å². The predicted molar refractivity (Wildman–Crippen MR) is 86.4 cm³/mol. The van der Waals surface area contributed by atoms with Crippen molar-refractivity contribution in [3.05, 3.63) is 29.7 Å². The summed E-state index contributed by atoms with van der Waals surface area (Å²) < 4.78 is 18.6. The summed E-state index contributed by atoms with van der Waals surface area (Å²) in [5.41, 5.74) is 0.332. The van der Waals surface area contributed by atoms with Gasteiger partial charge in [-0.15, -0.1) is 10.2 Å². The average molecular weight is 320 g/mol. The number of aromatic nitrogens is 2. The second-order valence-electron chi connectivity index (χ2n) is 5.49. The van der Waals surface area contributed by atoms with Crippen LogP contribution in [0, 0.1) is 5.41 Å². The van der Waals surface area contributed by atoms with Crippen molar-refractivity contribution < 1.29 is 13.9 Å². The molecule has 2 rings (SSSR count). The van der Waals surface area contributed by atoms with Crippen molar-refractivity contribution in [2.24, 2.45) is 10.4 Å². The Kier molecular flexibility index (Phi) is 5.41. The van der Waals surface area contributed by atoms with Crippen molar-refractivity contribution >= 4 is 17.5 Å². The molecule has 0 radical (unpaired) electrons. The van der Waals surface area contributed by atoms with E-state index in [4.69, 9.17) is 0 Å². The molecule has 1 saturated carbocycles. The lowest BCUT2D eigenvalue weighted by atomic mass is 9.65. The van der Waals surface area contributed by atoms with Gasteiger partial charge in [-0.25, -0.2) is 9.18 Å². The molecular weight excluding hydrogens is 299 g/mol. The summed E-state index contributed by atoms with van der Waals surface area (Å²) in [5.74, 6) is -0.281. The highest BCUT2D eigenvalue weighted by Crippen LogP contribution is 2.44. The molecule has 0 amide bonds. The Balaban J connectivity index is 2.07. The fourth-order valence-electron chi connectivity index (χ4n) is 2.73. The molecule has 6 nitrogen and oxygen atoms in total. The number of nitrogens with one attached hydrogen (secondary N) is 1. The van der Waals surface area contributed by atoms with Crippen LogP contribution in [0.3, 0.4) is 0 Å². The Morgan fingerprint density at radius 1 is 1.48 bits per heavy atom. The number of carbonyl (C=O) groups excluding carboxylic acids is 1. The maximum atomic E-state index is 14.0. The molecule has 0 unspecified atom stereocenters. The number of rotatable bonds is 6. The zero-order valence-electron chi connectivity index (χ0n) is 13.6. The van der Waals surface area contributed by atoms with Gasteiger partial charge in [0, 0.05) is 19.0 Å². The van der Waals surface area contributed by atoms with Gasteiger partial charge in [-0.05, 0) is 38.0 Å². The van der Waals surface area contributed by atoms with E-state index in [-0.39, 0.29) is 16.9 Å². The number of anilines is 1. The molecule has 7 heteroatoms. The van der Waals surface area contributed by atoms with Crippen LogP contribution in [-0.2, 0) is 4.74 Å². The Labute approximate surface area is 134 Å². The molecule has 23 heavy (non-hydrogen) atoms. The van der Waals surface area contributed by atoms with Gasteiger partial charge in [0.05, 0.1) is 12.8 Å². The highest BCUT2D eigenvalue weighted by molar-refractivity contribution is 6.03. The Morgan fingerprint density at radius 3 is 2.65 bits per heavy atom. The number of aliphatic imine (C=N–C) groups is 1. The van der Waals surface area contributed by atoms with Gasteiger partial charge in [-0.3, -0.25) is 4.99 Å². The topological polar surface area (TPSA) is 76.5 Å². The third-order valence-electron chi connectivity index (χ3n) is 4.18. The monoisotopic (exact) mass is 320 g/mol. The quantitative estimate of drug-likeness (QED) is 0.644. The van der Waals surface area contributed by atoms with Crippen LogP contribution in [0.5, 0.6) is 0 Å². The molecule has 1 N–H and O–H groups in total. The maximum Gasteiger partial charge on any atom is 0.358 e. The Hall–Kier alpha value is -2.31. The number of halogens is 1. The standard InChI is InChI=1S/C16H21FN4O2/c1-4-11(17)14(18-2)16(8-5-9-16)10-19-13-7-6-12(20-21-13)15(22)23-3/h4,6-7H,5,8-10H2,1-3H3,(H,19,21). The van der Waals surface area contributed by atoms with Crippen molar-refractivity contribution in [1.82, 2.24) is 10.2 Å². The van der Waals surface area contributed by atoms with Crippen molar-refractivity contribution in [3.63, 3.8) is 0 Å². The molecule has 1 heterocycles. The van der Waals surface area contributed by atoms with E-state index in [0.717, 1.165) is 19.3 Å². The van der Waals surface area contributed by atoms with Crippen LogP contribution in [0.2, 0.25) is 0 Å². The molecule has 1 aliphatic rings. The Bertz CT molecular complexity index is 621. The first-order valence-corrected chi connectivity index (χ1v) is 7.51. The van der Waals surface area contributed by atoms with Crippen LogP contribution < -0.4 is 5.32 Å². The van der Waals surface area contributed by atoms with E-state index in [1.54, 1.807) is 20.0 Å². The lowest BCUT2D eigenvalue weighted by Gasteiger charge is -2.42. The minimum Gasteiger partial charge on any atom is -0.464 e. The second-order valence-corrected chi connectivity index (χ2v) is 5.49. The van der Waals surface area contributed by atoms with E-state index < -0.39 is 5.97 Å². The van der Waals surface area contributed by atoms with Crippen LogP contribution in [0.1, 0.15) is 36.7 Å². The molecule has 0 aromatic carbocycles. The van der Waals surface area contributed by atoms with Gasteiger partial charge in [0.2, 0.25) is 0 Å². The highest BCUT2D eigenvalue weighted by Gasteiger charge is 2.43. The van der Waals surface area contributed by atoms with Crippen LogP contribution in [0.4, 0.5) is 10.2 Å². The van der Waals surface area contributed by atoms with Crippen LogP contribution in [0.25, 0.3) is 0 Å². The SMILES string of the molecule is CC=C(F)C(=NC)C1(CNc2ccc(C(=O)OC)nn2)CCC1. The summed E-state index contributed by atoms with van der Waals surface area (Å²) in [6, 6.07) is 3.19. The minimum atomic E-state index is -0.532.